The number of hydrogen-bond acceptors (Lipinski definition) is 4. The predicted octanol–water partition coefficient (Wildman–Crippen LogP) is 6.51. The summed E-state index contributed by atoms with van der Waals surface area (Å²) in [5.74, 6) is -1.03. The molecular formula is C33H42ClNO3. The molecule has 1 fully saturated rings. The Hall–Kier alpha value is -2.37. The summed E-state index contributed by atoms with van der Waals surface area (Å²) in [6.45, 7) is 11.1. The van der Waals surface area contributed by atoms with Crippen molar-refractivity contribution in [1.29, 1.82) is 0 Å². The first-order valence-electron chi connectivity index (χ1n) is 13.8. The number of likely N-dealkylation sites (tertiary alicyclic amines) is 1. The minimum Gasteiger partial charge on any atom is -0.487 e. The summed E-state index contributed by atoms with van der Waals surface area (Å²) in [6.07, 6.45) is 7.71. The molecule has 2 heterocycles. The molecule has 2 aliphatic heterocycles. The van der Waals surface area contributed by atoms with Gasteiger partial charge in [0.05, 0.1) is 5.57 Å². The molecule has 1 aliphatic carbocycles. The van der Waals surface area contributed by atoms with Gasteiger partial charge < -0.3 is 14.9 Å². The van der Waals surface area contributed by atoms with Crippen molar-refractivity contribution in [2.24, 2.45) is 11.8 Å². The van der Waals surface area contributed by atoms with Crippen molar-refractivity contribution >= 4 is 12.4 Å². The van der Waals surface area contributed by atoms with Gasteiger partial charge in [0.2, 0.25) is 5.79 Å². The molecule has 0 bridgehead atoms. The average molecular weight is 536 g/mol. The zero-order valence-corrected chi connectivity index (χ0v) is 23.9. The minimum absolute atomic E-state index is 0. The van der Waals surface area contributed by atoms with Crippen molar-refractivity contribution in [3.63, 3.8) is 0 Å². The SMILES string of the molecule is Cc1ccc(CCCC(C)C2=CC(O)(O)C3=C4CN(Cc5ccccc5)CCC4C(C)(C)OC3=C2)cc1.Cl. The third kappa shape index (κ3) is 6.10. The van der Waals surface area contributed by atoms with Crippen LogP contribution < -0.4 is 0 Å². The molecule has 5 rings (SSSR count). The third-order valence-electron chi connectivity index (χ3n) is 8.40. The van der Waals surface area contributed by atoms with E-state index in [0.717, 1.165) is 56.5 Å². The Kier molecular flexibility index (Phi) is 8.59. The van der Waals surface area contributed by atoms with Crippen LogP contribution in [-0.2, 0) is 17.7 Å². The number of piperidine rings is 1. The van der Waals surface area contributed by atoms with Gasteiger partial charge in [-0.3, -0.25) is 4.90 Å². The zero-order chi connectivity index (χ0) is 26.2. The molecule has 0 radical (unpaired) electrons. The summed E-state index contributed by atoms with van der Waals surface area (Å²) in [4.78, 5) is 2.41. The quantitative estimate of drug-likeness (QED) is 0.397. The van der Waals surface area contributed by atoms with Gasteiger partial charge in [0.1, 0.15) is 11.4 Å². The minimum atomic E-state index is -2.02. The molecule has 3 aliphatic rings. The lowest BCUT2D eigenvalue weighted by molar-refractivity contribution is -0.108. The molecule has 4 nitrogen and oxygen atoms in total. The topological polar surface area (TPSA) is 52.9 Å². The lowest BCUT2D eigenvalue weighted by Crippen LogP contribution is -2.51. The number of allylic oxidation sites excluding steroid dienone is 2. The number of aliphatic hydroxyl groups is 2. The highest BCUT2D eigenvalue weighted by Gasteiger charge is 2.49. The molecule has 0 amide bonds. The largest absolute Gasteiger partial charge is 0.487 e. The number of ether oxygens (including phenoxy) is 1. The Morgan fingerprint density at radius 2 is 1.74 bits per heavy atom. The molecule has 5 heteroatoms. The fourth-order valence-electron chi connectivity index (χ4n) is 6.31. The van der Waals surface area contributed by atoms with Crippen molar-refractivity contribution in [3.05, 3.63) is 106 Å². The summed E-state index contributed by atoms with van der Waals surface area (Å²) in [6, 6.07) is 19.2. The molecule has 2 unspecified atom stereocenters. The molecule has 204 valence electrons. The molecule has 2 aromatic rings. The Morgan fingerprint density at radius 1 is 1.03 bits per heavy atom. The van der Waals surface area contributed by atoms with E-state index < -0.39 is 11.4 Å². The number of halogens is 1. The van der Waals surface area contributed by atoms with Crippen molar-refractivity contribution in [3.8, 4) is 0 Å². The number of hydrogen-bond donors (Lipinski definition) is 2. The predicted molar refractivity (Wildman–Crippen MR) is 156 cm³/mol. The van der Waals surface area contributed by atoms with Crippen LogP contribution in [0.2, 0.25) is 0 Å². The van der Waals surface area contributed by atoms with Crippen molar-refractivity contribution in [1.82, 2.24) is 4.90 Å². The van der Waals surface area contributed by atoms with Gasteiger partial charge in [0, 0.05) is 19.0 Å². The monoisotopic (exact) mass is 535 g/mol. The fourth-order valence-corrected chi connectivity index (χ4v) is 6.31. The molecule has 0 saturated carbocycles. The summed E-state index contributed by atoms with van der Waals surface area (Å²) in [5, 5.41) is 22.8. The van der Waals surface area contributed by atoms with Crippen LogP contribution >= 0.6 is 12.4 Å². The van der Waals surface area contributed by atoms with E-state index in [1.54, 1.807) is 6.08 Å². The first-order valence-corrected chi connectivity index (χ1v) is 13.8. The smallest absolute Gasteiger partial charge is 0.214 e. The standard InChI is InChI=1S/C33H41NO3.ClH/c1-23-13-15-25(16-14-23)12-8-9-24(2)27-19-30-31(33(35,36)20-27)28-22-34(21-26-10-6-5-7-11-26)18-17-29(28)32(3,4)37-30;/h5-7,10-11,13-16,19-20,24,29,35-36H,8-9,12,17-18,21-22H2,1-4H3;1H. The highest BCUT2D eigenvalue weighted by molar-refractivity contribution is 5.85. The molecule has 1 saturated heterocycles. The van der Waals surface area contributed by atoms with Crippen molar-refractivity contribution in [2.45, 2.75) is 71.3 Å². The first-order chi connectivity index (χ1) is 17.6. The number of benzene rings is 2. The van der Waals surface area contributed by atoms with Crippen LogP contribution in [0.25, 0.3) is 0 Å². The second kappa shape index (κ2) is 11.4. The summed E-state index contributed by atoms with van der Waals surface area (Å²) >= 11 is 0. The van der Waals surface area contributed by atoms with Crippen molar-refractivity contribution in [2.75, 3.05) is 13.1 Å². The first kappa shape index (κ1) is 28.6. The van der Waals surface area contributed by atoms with Gasteiger partial charge in [-0.2, -0.15) is 0 Å². The van der Waals surface area contributed by atoms with E-state index in [0.29, 0.717) is 11.3 Å². The fraction of sp³-hybridized carbons (Fsp3) is 0.455. The normalized spacial score (nSPS) is 22.7. The van der Waals surface area contributed by atoms with E-state index in [2.05, 4.69) is 87.2 Å². The van der Waals surface area contributed by atoms with Gasteiger partial charge >= 0.3 is 0 Å². The average Bonchev–Trinajstić information content (AvgIpc) is 2.84. The maximum absolute atomic E-state index is 11.4. The Labute approximate surface area is 234 Å². The van der Waals surface area contributed by atoms with E-state index in [4.69, 9.17) is 4.74 Å². The van der Waals surface area contributed by atoms with Gasteiger partial charge in [0.25, 0.3) is 0 Å². The molecule has 2 aromatic carbocycles. The van der Waals surface area contributed by atoms with Crippen LogP contribution in [-0.4, -0.2) is 39.6 Å². The summed E-state index contributed by atoms with van der Waals surface area (Å²) < 4.78 is 6.53. The van der Waals surface area contributed by atoms with Gasteiger partial charge in [-0.25, -0.2) is 0 Å². The molecular weight excluding hydrogens is 494 g/mol. The highest BCUT2D eigenvalue weighted by atomic mass is 35.5. The number of nitrogens with zero attached hydrogens (tertiary/aromatic N) is 1. The molecule has 0 aromatic heterocycles. The summed E-state index contributed by atoms with van der Waals surface area (Å²) in [7, 11) is 0. The van der Waals surface area contributed by atoms with Gasteiger partial charge in [0.15, 0.2) is 0 Å². The zero-order valence-electron chi connectivity index (χ0n) is 23.1. The second-order valence-electron chi connectivity index (χ2n) is 11.8. The van der Waals surface area contributed by atoms with E-state index in [1.807, 2.05) is 6.07 Å². The van der Waals surface area contributed by atoms with Crippen LogP contribution in [0.5, 0.6) is 0 Å². The maximum Gasteiger partial charge on any atom is 0.214 e. The van der Waals surface area contributed by atoms with E-state index in [-0.39, 0.29) is 24.2 Å². The Balaban J connectivity index is 0.00000336. The van der Waals surface area contributed by atoms with Crippen LogP contribution in [0.1, 0.15) is 56.7 Å². The number of rotatable bonds is 7. The number of aryl methyl sites for hydroxylation is 2. The van der Waals surface area contributed by atoms with Crippen LogP contribution in [0.4, 0.5) is 0 Å². The van der Waals surface area contributed by atoms with Crippen LogP contribution in [0.15, 0.2) is 89.2 Å². The Bertz CT molecular complexity index is 1210. The third-order valence-corrected chi connectivity index (χ3v) is 8.40. The second-order valence-corrected chi connectivity index (χ2v) is 11.8. The molecule has 2 N–H and O–H groups in total. The molecule has 0 spiro atoms. The number of fused-ring (bicyclic) bond motifs is 2. The van der Waals surface area contributed by atoms with E-state index >= 15 is 0 Å². The van der Waals surface area contributed by atoms with Crippen LogP contribution in [0.3, 0.4) is 0 Å². The van der Waals surface area contributed by atoms with E-state index in [1.165, 1.54) is 16.7 Å². The van der Waals surface area contributed by atoms with Gasteiger partial charge in [-0.1, -0.05) is 67.1 Å². The molecule has 38 heavy (non-hydrogen) atoms. The lowest BCUT2D eigenvalue weighted by Gasteiger charge is -2.50. The van der Waals surface area contributed by atoms with Crippen molar-refractivity contribution < 1.29 is 14.9 Å². The Morgan fingerprint density at radius 3 is 2.45 bits per heavy atom. The summed E-state index contributed by atoms with van der Waals surface area (Å²) in [5.41, 5.74) is 6.12. The van der Waals surface area contributed by atoms with Gasteiger partial charge in [-0.05, 0) is 93.3 Å². The van der Waals surface area contributed by atoms with E-state index in [9.17, 15) is 10.2 Å². The van der Waals surface area contributed by atoms with Gasteiger partial charge in [-0.15, -0.1) is 12.4 Å². The highest BCUT2D eigenvalue weighted by Crippen LogP contribution is 2.49. The maximum atomic E-state index is 11.4. The van der Waals surface area contributed by atoms with Crippen LogP contribution in [0, 0.1) is 18.8 Å². The lowest BCUT2D eigenvalue weighted by atomic mass is 9.71. The molecule has 2 atom stereocenters.